The first-order chi connectivity index (χ1) is 14.6. The van der Waals surface area contributed by atoms with Crippen molar-refractivity contribution in [3.8, 4) is 11.8 Å². The highest BCUT2D eigenvalue weighted by Crippen LogP contribution is 2.41. The van der Waals surface area contributed by atoms with Crippen LogP contribution in [-0.2, 0) is 10.0 Å². The molecule has 2 bridgehead atoms. The van der Waals surface area contributed by atoms with Crippen LogP contribution in [0.25, 0.3) is 0 Å². The minimum atomic E-state index is -3.42. The van der Waals surface area contributed by atoms with Crippen molar-refractivity contribution >= 4 is 16.1 Å². The summed E-state index contributed by atoms with van der Waals surface area (Å²) in [5.74, 6) is 0.894. The maximum atomic E-state index is 11.9. The molecular formula is C21H31N5O4S. The van der Waals surface area contributed by atoms with Crippen LogP contribution in [0.4, 0.5) is 4.79 Å². The van der Waals surface area contributed by atoms with E-state index >= 15 is 0 Å². The van der Waals surface area contributed by atoms with Crippen LogP contribution in [0, 0.1) is 22.7 Å². The number of hydrogen-bond donors (Lipinski definition) is 2. The summed E-state index contributed by atoms with van der Waals surface area (Å²) >= 11 is 0. The van der Waals surface area contributed by atoms with Gasteiger partial charge in [0.2, 0.25) is 10.0 Å². The quantitative estimate of drug-likeness (QED) is 0.608. The summed E-state index contributed by atoms with van der Waals surface area (Å²) in [5, 5.41) is 8.91. The van der Waals surface area contributed by atoms with E-state index in [-0.39, 0.29) is 18.1 Å². The second-order valence-electron chi connectivity index (χ2n) is 8.87. The van der Waals surface area contributed by atoms with Crippen molar-refractivity contribution in [3.63, 3.8) is 0 Å². The number of ether oxygens (including phenoxy) is 1. The van der Waals surface area contributed by atoms with Gasteiger partial charge in [0, 0.05) is 38.1 Å². The lowest BCUT2D eigenvalue weighted by Gasteiger charge is -2.53. The van der Waals surface area contributed by atoms with E-state index in [9.17, 15) is 13.2 Å². The third-order valence-electron chi connectivity index (χ3n) is 6.16. The van der Waals surface area contributed by atoms with Gasteiger partial charge in [0.15, 0.2) is 0 Å². The molecule has 2 aliphatic rings. The van der Waals surface area contributed by atoms with Gasteiger partial charge in [-0.1, -0.05) is 6.92 Å². The molecule has 1 aromatic rings. The van der Waals surface area contributed by atoms with Crippen LogP contribution >= 0.6 is 0 Å². The number of fused-ring (bicyclic) bond motifs is 2. The number of rotatable bonds is 8. The Labute approximate surface area is 184 Å². The number of nitrogens with one attached hydrogen (secondary N) is 1. The standard InChI is InChI=1S/C21H31N5O4S/c1-3-21-8-17(11-26(15-21)20(23)27)10-25(14-21)12-18(24-31(2,28)29)13-30-19-6-4-16(9-22)5-7-19/h4-7,17-18,24H,3,8,10-15H2,1-2H3,(H2,23,27). The number of amides is 2. The van der Waals surface area contributed by atoms with E-state index in [4.69, 9.17) is 15.7 Å². The molecule has 2 fully saturated rings. The normalized spacial score (nSPS) is 24.9. The number of likely N-dealkylation sites (tertiary alicyclic amines) is 2. The zero-order chi connectivity index (χ0) is 22.6. The molecule has 31 heavy (non-hydrogen) atoms. The summed E-state index contributed by atoms with van der Waals surface area (Å²) in [6, 6.07) is 7.98. The largest absolute Gasteiger partial charge is 0.492 e. The molecule has 2 saturated heterocycles. The molecule has 3 rings (SSSR count). The third kappa shape index (κ3) is 6.32. The van der Waals surface area contributed by atoms with Crippen molar-refractivity contribution in [2.75, 3.05) is 45.6 Å². The predicted molar refractivity (Wildman–Crippen MR) is 117 cm³/mol. The molecule has 0 radical (unpaired) electrons. The molecule has 2 amide bonds. The summed E-state index contributed by atoms with van der Waals surface area (Å²) in [7, 11) is -3.42. The van der Waals surface area contributed by atoms with Crippen molar-refractivity contribution in [2.24, 2.45) is 17.1 Å². The zero-order valence-corrected chi connectivity index (χ0v) is 18.9. The number of carbonyl (C=O) groups excluding carboxylic acids is 1. The first-order valence-corrected chi connectivity index (χ1v) is 12.4. The van der Waals surface area contributed by atoms with E-state index in [1.54, 1.807) is 29.2 Å². The van der Waals surface area contributed by atoms with E-state index in [1.165, 1.54) is 0 Å². The number of sulfonamides is 1. The van der Waals surface area contributed by atoms with Crippen molar-refractivity contribution in [1.29, 1.82) is 5.26 Å². The molecule has 0 aliphatic carbocycles. The molecule has 3 N–H and O–H groups in total. The zero-order valence-electron chi connectivity index (χ0n) is 18.1. The summed E-state index contributed by atoms with van der Waals surface area (Å²) in [6.07, 6.45) is 3.12. The fourth-order valence-electron chi connectivity index (χ4n) is 4.90. The van der Waals surface area contributed by atoms with Crippen LogP contribution < -0.4 is 15.2 Å². The second-order valence-corrected chi connectivity index (χ2v) is 10.7. The Balaban J connectivity index is 1.68. The topological polar surface area (TPSA) is 129 Å². The van der Waals surface area contributed by atoms with Gasteiger partial charge in [-0.05, 0) is 43.0 Å². The Morgan fingerprint density at radius 2 is 2.06 bits per heavy atom. The number of benzene rings is 1. The maximum absolute atomic E-state index is 11.9. The summed E-state index contributed by atoms with van der Waals surface area (Å²) in [6.45, 7) is 5.65. The highest BCUT2D eigenvalue weighted by atomic mass is 32.2. The predicted octanol–water partition coefficient (Wildman–Crippen LogP) is 0.967. The van der Waals surface area contributed by atoms with E-state index in [1.807, 2.05) is 0 Å². The number of urea groups is 1. The van der Waals surface area contributed by atoms with Gasteiger partial charge in [-0.3, -0.25) is 0 Å². The first-order valence-electron chi connectivity index (χ1n) is 10.5. The number of nitriles is 1. The van der Waals surface area contributed by atoms with Crippen molar-refractivity contribution < 1.29 is 17.9 Å². The van der Waals surface area contributed by atoms with Gasteiger partial charge in [0.05, 0.1) is 23.9 Å². The minimum absolute atomic E-state index is 0.0280. The van der Waals surface area contributed by atoms with Gasteiger partial charge in [-0.2, -0.15) is 5.26 Å². The lowest BCUT2D eigenvalue weighted by molar-refractivity contribution is -0.0257. The number of piperidine rings is 2. The van der Waals surface area contributed by atoms with Crippen LogP contribution in [0.15, 0.2) is 24.3 Å². The number of carbonyl (C=O) groups is 1. The number of hydrogen-bond acceptors (Lipinski definition) is 6. The van der Waals surface area contributed by atoms with Crippen molar-refractivity contribution in [3.05, 3.63) is 29.8 Å². The maximum Gasteiger partial charge on any atom is 0.314 e. The van der Waals surface area contributed by atoms with Crippen molar-refractivity contribution in [2.45, 2.75) is 25.8 Å². The Morgan fingerprint density at radius 1 is 1.35 bits per heavy atom. The molecule has 2 aliphatic heterocycles. The SMILES string of the molecule is CCC12CC(CN(CC(COc3ccc(C#N)cc3)NS(C)(=O)=O)C1)CN(C(N)=O)C2. The van der Waals surface area contributed by atoms with E-state index in [2.05, 4.69) is 22.6 Å². The highest BCUT2D eigenvalue weighted by Gasteiger charge is 2.45. The lowest BCUT2D eigenvalue weighted by atomic mass is 9.70. The van der Waals surface area contributed by atoms with Gasteiger partial charge in [-0.25, -0.2) is 17.9 Å². The number of primary amides is 1. The van der Waals surface area contributed by atoms with Gasteiger partial charge in [0.25, 0.3) is 0 Å². The third-order valence-corrected chi connectivity index (χ3v) is 6.92. The molecule has 1 aromatic carbocycles. The molecule has 9 nitrogen and oxygen atoms in total. The average Bonchev–Trinajstić information content (AvgIpc) is 2.70. The Hall–Kier alpha value is -2.35. The molecule has 0 spiro atoms. The second kappa shape index (κ2) is 9.42. The minimum Gasteiger partial charge on any atom is -0.492 e. The van der Waals surface area contributed by atoms with Crippen LogP contribution in [0.1, 0.15) is 25.3 Å². The molecule has 3 unspecified atom stereocenters. The van der Waals surface area contributed by atoms with Crippen LogP contribution in [0.3, 0.4) is 0 Å². The highest BCUT2D eigenvalue weighted by molar-refractivity contribution is 7.88. The summed E-state index contributed by atoms with van der Waals surface area (Å²) in [4.78, 5) is 15.8. The molecule has 3 atom stereocenters. The van der Waals surface area contributed by atoms with Crippen molar-refractivity contribution in [1.82, 2.24) is 14.5 Å². The first kappa shape index (κ1) is 23.3. The summed E-state index contributed by atoms with van der Waals surface area (Å²) in [5.41, 5.74) is 6.05. The summed E-state index contributed by atoms with van der Waals surface area (Å²) < 4.78 is 32.4. The Bertz CT molecular complexity index is 930. The van der Waals surface area contributed by atoms with Gasteiger partial charge >= 0.3 is 6.03 Å². The van der Waals surface area contributed by atoms with Crippen LogP contribution in [0.2, 0.25) is 0 Å². The number of nitrogens with zero attached hydrogens (tertiary/aromatic N) is 3. The Morgan fingerprint density at radius 3 is 2.65 bits per heavy atom. The molecule has 2 heterocycles. The van der Waals surface area contributed by atoms with E-state index < -0.39 is 16.1 Å². The smallest absolute Gasteiger partial charge is 0.314 e. The van der Waals surface area contributed by atoms with Crippen LogP contribution in [-0.4, -0.2) is 75.9 Å². The number of nitrogens with two attached hydrogens (primary N) is 1. The molecule has 0 aromatic heterocycles. The fourth-order valence-corrected chi connectivity index (χ4v) is 5.65. The Kier molecular flexibility index (Phi) is 7.09. The molecular weight excluding hydrogens is 418 g/mol. The average molecular weight is 450 g/mol. The van der Waals surface area contributed by atoms with Crippen LogP contribution in [0.5, 0.6) is 5.75 Å². The van der Waals surface area contributed by atoms with E-state index in [0.717, 1.165) is 32.2 Å². The monoisotopic (exact) mass is 449 g/mol. The van der Waals surface area contributed by atoms with Gasteiger partial charge in [-0.15, -0.1) is 0 Å². The van der Waals surface area contributed by atoms with Gasteiger partial charge in [0.1, 0.15) is 12.4 Å². The molecule has 170 valence electrons. The fraction of sp³-hybridized carbons (Fsp3) is 0.619. The van der Waals surface area contributed by atoms with Gasteiger partial charge < -0.3 is 20.3 Å². The van der Waals surface area contributed by atoms with E-state index in [0.29, 0.717) is 36.9 Å². The lowest BCUT2D eigenvalue weighted by Crippen LogP contribution is -2.62. The molecule has 0 saturated carbocycles. The molecule has 10 heteroatoms.